The highest BCUT2D eigenvalue weighted by Gasteiger charge is 2.18. The van der Waals surface area contributed by atoms with Crippen molar-refractivity contribution in [3.8, 4) is 0 Å². The predicted molar refractivity (Wildman–Crippen MR) is 82.2 cm³/mol. The Kier molecular flexibility index (Phi) is 4.65. The molecular formula is C15H19ClN2O2. The third kappa shape index (κ3) is 3.73. The number of allylic oxidation sites excluding steroid dienone is 2. The van der Waals surface area contributed by atoms with Crippen molar-refractivity contribution in [3.05, 3.63) is 45.0 Å². The van der Waals surface area contributed by atoms with Crippen LogP contribution in [0.1, 0.15) is 26.7 Å². The standard InChI is InChI=1S/C15H19ClN2O2/c1-10-5-11(2)7-12(6-10)9-17-15-8-13(18(19)20)3-4-14(15)16/h3-5,8,10,12,17H,6-7,9H2,1-2H3. The Balaban J connectivity index is 2.02. The molecule has 1 aromatic rings. The van der Waals surface area contributed by atoms with Gasteiger partial charge in [0.1, 0.15) is 0 Å². The summed E-state index contributed by atoms with van der Waals surface area (Å²) < 4.78 is 0. The van der Waals surface area contributed by atoms with Crippen molar-refractivity contribution < 1.29 is 4.92 Å². The lowest BCUT2D eigenvalue weighted by Crippen LogP contribution is -2.20. The second-order valence-electron chi connectivity index (χ2n) is 5.60. The lowest BCUT2D eigenvalue weighted by atomic mass is 9.84. The van der Waals surface area contributed by atoms with E-state index in [0.717, 1.165) is 19.4 Å². The number of nitro groups is 1. The maximum absolute atomic E-state index is 10.8. The Labute approximate surface area is 124 Å². The summed E-state index contributed by atoms with van der Waals surface area (Å²) >= 11 is 6.08. The van der Waals surface area contributed by atoms with E-state index in [4.69, 9.17) is 11.6 Å². The number of hydrogen-bond donors (Lipinski definition) is 1. The van der Waals surface area contributed by atoms with Gasteiger partial charge in [0, 0.05) is 18.7 Å². The van der Waals surface area contributed by atoms with Crippen molar-refractivity contribution >= 4 is 23.0 Å². The number of nitro benzene ring substituents is 1. The van der Waals surface area contributed by atoms with E-state index in [1.165, 1.54) is 17.7 Å². The second kappa shape index (κ2) is 6.27. The number of hydrogen-bond acceptors (Lipinski definition) is 3. The molecule has 2 unspecified atom stereocenters. The lowest BCUT2D eigenvalue weighted by molar-refractivity contribution is -0.384. The van der Waals surface area contributed by atoms with Gasteiger partial charge in [0.05, 0.1) is 15.6 Å². The number of halogens is 1. The van der Waals surface area contributed by atoms with Crippen LogP contribution in [0.25, 0.3) is 0 Å². The minimum absolute atomic E-state index is 0.0602. The quantitative estimate of drug-likeness (QED) is 0.499. The monoisotopic (exact) mass is 294 g/mol. The van der Waals surface area contributed by atoms with Crippen molar-refractivity contribution in [1.82, 2.24) is 0 Å². The van der Waals surface area contributed by atoms with E-state index in [-0.39, 0.29) is 5.69 Å². The third-order valence-corrected chi connectivity index (χ3v) is 3.96. The highest BCUT2D eigenvalue weighted by atomic mass is 35.5. The number of nitrogens with one attached hydrogen (secondary N) is 1. The van der Waals surface area contributed by atoms with Gasteiger partial charge in [-0.3, -0.25) is 10.1 Å². The zero-order chi connectivity index (χ0) is 14.7. The lowest BCUT2D eigenvalue weighted by Gasteiger charge is -2.26. The first-order valence-corrected chi connectivity index (χ1v) is 7.18. The van der Waals surface area contributed by atoms with Gasteiger partial charge in [0.2, 0.25) is 0 Å². The van der Waals surface area contributed by atoms with Gasteiger partial charge < -0.3 is 5.32 Å². The smallest absolute Gasteiger partial charge is 0.271 e. The van der Waals surface area contributed by atoms with Gasteiger partial charge in [0.25, 0.3) is 5.69 Å². The Morgan fingerprint density at radius 1 is 1.50 bits per heavy atom. The van der Waals surface area contributed by atoms with Gasteiger partial charge in [-0.15, -0.1) is 0 Å². The Bertz CT molecular complexity index is 543. The SMILES string of the molecule is CC1=CC(C)CC(CNc2cc([N+](=O)[O-])ccc2Cl)C1. The van der Waals surface area contributed by atoms with Crippen LogP contribution in [0.4, 0.5) is 11.4 Å². The summed E-state index contributed by atoms with van der Waals surface area (Å²) in [5.41, 5.74) is 2.12. The molecule has 108 valence electrons. The fraction of sp³-hybridized carbons (Fsp3) is 0.467. The van der Waals surface area contributed by atoms with Gasteiger partial charge in [-0.05, 0) is 37.7 Å². The highest BCUT2D eigenvalue weighted by molar-refractivity contribution is 6.33. The van der Waals surface area contributed by atoms with Crippen molar-refractivity contribution in [1.29, 1.82) is 0 Å². The molecule has 5 heteroatoms. The molecule has 0 radical (unpaired) electrons. The first-order valence-electron chi connectivity index (χ1n) is 6.81. The van der Waals surface area contributed by atoms with E-state index in [9.17, 15) is 10.1 Å². The topological polar surface area (TPSA) is 55.2 Å². The summed E-state index contributed by atoms with van der Waals surface area (Å²) in [6, 6.07) is 4.48. The van der Waals surface area contributed by atoms with E-state index in [0.29, 0.717) is 22.5 Å². The minimum atomic E-state index is -0.406. The molecule has 1 aliphatic rings. The van der Waals surface area contributed by atoms with Crippen LogP contribution in [0.3, 0.4) is 0 Å². The average molecular weight is 295 g/mol. The fourth-order valence-electron chi connectivity index (χ4n) is 2.86. The molecule has 0 aromatic heterocycles. The second-order valence-corrected chi connectivity index (χ2v) is 6.01. The van der Waals surface area contributed by atoms with Crippen LogP contribution in [-0.4, -0.2) is 11.5 Å². The maximum atomic E-state index is 10.8. The molecule has 0 saturated carbocycles. The van der Waals surface area contributed by atoms with Crippen LogP contribution < -0.4 is 5.32 Å². The molecule has 1 aliphatic carbocycles. The van der Waals surface area contributed by atoms with Crippen molar-refractivity contribution in [2.75, 3.05) is 11.9 Å². The summed E-state index contributed by atoms with van der Waals surface area (Å²) in [6.07, 6.45) is 4.53. The normalized spacial score (nSPS) is 22.2. The maximum Gasteiger partial charge on any atom is 0.271 e. The van der Waals surface area contributed by atoms with Crippen LogP contribution in [0, 0.1) is 22.0 Å². The van der Waals surface area contributed by atoms with Gasteiger partial charge >= 0.3 is 0 Å². The van der Waals surface area contributed by atoms with Crippen molar-refractivity contribution in [2.24, 2.45) is 11.8 Å². The Morgan fingerprint density at radius 3 is 2.90 bits per heavy atom. The van der Waals surface area contributed by atoms with E-state index in [2.05, 4.69) is 25.2 Å². The van der Waals surface area contributed by atoms with Crippen LogP contribution in [0.5, 0.6) is 0 Å². The third-order valence-electron chi connectivity index (χ3n) is 3.63. The molecular weight excluding hydrogens is 276 g/mol. The zero-order valence-corrected chi connectivity index (χ0v) is 12.5. The number of anilines is 1. The average Bonchev–Trinajstić information content (AvgIpc) is 2.36. The molecule has 0 amide bonds. The highest BCUT2D eigenvalue weighted by Crippen LogP contribution is 2.30. The molecule has 2 atom stereocenters. The van der Waals surface area contributed by atoms with Crippen LogP contribution >= 0.6 is 11.6 Å². The fourth-order valence-corrected chi connectivity index (χ4v) is 3.04. The van der Waals surface area contributed by atoms with Gasteiger partial charge in [-0.25, -0.2) is 0 Å². The van der Waals surface area contributed by atoms with Gasteiger partial charge in [-0.1, -0.05) is 30.2 Å². The summed E-state index contributed by atoms with van der Waals surface area (Å²) in [4.78, 5) is 10.4. The number of rotatable bonds is 4. The van der Waals surface area contributed by atoms with E-state index in [1.807, 2.05) is 0 Å². The molecule has 0 spiro atoms. The molecule has 1 N–H and O–H groups in total. The molecule has 0 fully saturated rings. The minimum Gasteiger partial charge on any atom is -0.383 e. The molecule has 1 aromatic carbocycles. The first-order chi connectivity index (χ1) is 9.45. The molecule has 4 nitrogen and oxygen atoms in total. The Morgan fingerprint density at radius 2 is 2.25 bits per heavy atom. The number of non-ortho nitro benzene ring substituents is 1. The molecule has 0 bridgehead atoms. The molecule has 20 heavy (non-hydrogen) atoms. The summed E-state index contributed by atoms with van der Waals surface area (Å²) in [6.45, 7) is 5.16. The number of benzene rings is 1. The van der Waals surface area contributed by atoms with Crippen molar-refractivity contribution in [3.63, 3.8) is 0 Å². The van der Waals surface area contributed by atoms with Crippen LogP contribution in [0.15, 0.2) is 29.8 Å². The summed E-state index contributed by atoms with van der Waals surface area (Å²) in [5.74, 6) is 1.14. The van der Waals surface area contributed by atoms with Gasteiger partial charge in [0.15, 0.2) is 0 Å². The zero-order valence-electron chi connectivity index (χ0n) is 11.7. The van der Waals surface area contributed by atoms with E-state index < -0.39 is 4.92 Å². The molecule has 0 heterocycles. The summed E-state index contributed by atoms with van der Waals surface area (Å²) in [5, 5.41) is 14.6. The predicted octanol–water partition coefficient (Wildman–Crippen LogP) is 4.65. The summed E-state index contributed by atoms with van der Waals surface area (Å²) in [7, 11) is 0. The largest absolute Gasteiger partial charge is 0.383 e. The van der Waals surface area contributed by atoms with E-state index in [1.54, 1.807) is 6.07 Å². The van der Waals surface area contributed by atoms with E-state index >= 15 is 0 Å². The number of nitrogens with zero attached hydrogens (tertiary/aromatic N) is 1. The molecule has 0 aliphatic heterocycles. The van der Waals surface area contributed by atoms with Crippen LogP contribution in [-0.2, 0) is 0 Å². The van der Waals surface area contributed by atoms with Gasteiger partial charge in [-0.2, -0.15) is 0 Å². The molecule has 0 saturated heterocycles. The van der Waals surface area contributed by atoms with Crippen LogP contribution in [0.2, 0.25) is 5.02 Å². The molecule has 2 rings (SSSR count). The first kappa shape index (κ1) is 14.9. The Hall–Kier alpha value is -1.55. The van der Waals surface area contributed by atoms with Crippen molar-refractivity contribution in [2.45, 2.75) is 26.7 Å².